The van der Waals surface area contributed by atoms with Gasteiger partial charge < -0.3 is 19.5 Å². The number of carbonyl (C=O) groups is 2. The summed E-state index contributed by atoms with van der Waals surface area (Å²) in [5, 5.41) is 5.12. The van der Waals surface area contributed by atoms with E-state index >= 15 is 0 Å². The van der Waals surface area contributed by atoms with Crippen molar-refractivity contribution in [2.45, 2.75) is 13.8 Å². The third-order valence-corrected chi connectivity index (χ3v) is 5.59. The van der Waals surface area contributed by atoms with E-state index in [9.17, 15) is 9.59 Å². The molecule has 0 saturated carbocycles. The van der Waals surface area contributed by atoms with Crippen LogP contribution < -0.4 is 14.8 Å². The zero-order chi connectivity index (χ0) is 21.8. The summed E-state index contributed by atoms with van der Waals surface area (Å²) in [6.07, 6.45) is 3.09. The lowest BCUT2D eigenvalue weighted by Crippen LogP contribution is -2.12. The zero-order valence-corrected chi connectivity index (χ0v) is 18.0. The molecule has 0 atom stereocenters. The highest BCUT2D eigenvalue weighted by atomic mass is 32.1. The summed E-state index contributed by atoms with van der Waals surface area (Å²) in [5.74, 6) is 0.519. The van der Waals surface area contributed by atoms with E-state index in [1.807, 2.05) is 42.6 Å². The van der Waals surface area contributed by atoms with E-state index in [0.717, 1.165) is 22.3 Å². The second-order valence-corrected chi connectivity index (χ2v) is 7.75. The lowest BCUT2D eigenvalue weighted by atomic mass is 10.0. The lowest BCUT2D eigenvalue weighted by Gasteiger charge is -2.08. The first-order valence-corrected chi connectivity index (χ1v) is 10.7. The van der Waals surface area contributed by atoms with Crippen LogP contribution in [0.15, 0.2) is 53.9 Å². The van der Waals surface area contributed by atoms with Gasteiger partial charge in [-0.2, -0.15) is 0 Å². The van der Waals surface area contributed by atoms with Crippen LogP contribution in [0.25, 0.3) is 17.2 Å². The molecule has 0 aliphatic carbocycles. The number of esters is 1. The topological polar surface area (TPSA) is 73.9 Å². The smallest absolute Gasteiger partial charge is 0.341 e. The third kappa shape index (κ3) is 4.62. The Morgan fingerprint density at radius 1 is 1.13 bits per heavy atom. The van der Waals surface area contributed by atoms with Crippen molar-refractivity contribution in [3.05, 3.63) is 70.6 Å². The van der Waals surface area contributed by atoms with E-state index in [0.29, 0.717) is 22.1 Å². The van der Waals surface area contributed by atoms with Gasteiger partial charge in [-0.15, -0.1) is 11.3 Å². The van der Waals surface area contributed by atoms with Crippen molar-refractivity contribution in [3.63, 3.8) is 0 Å². The number of nitrogens with one attached hydrogen (secondary N) is 1. The number of anilines is 1. The first kappa shape index (κ1) is 20.7. The molecule has 31 heavy (non-hydrogen) atoms. The first-order valence-electron chi connectivity index (χ1n) is 9.79. The molecule has 1 aromatic heterocycles. The van der Waals surface area contributed by atoms with Gasteiger partial charge in [0.2, 0.25) is 12.7 Å². The SMILES string of the molecule is CCOC(=O)c1c(-c2ccc(C)cc2)csc1NC(=O)/C=C\c1ccc2c(c1)OCO2. The largest absolute Gasteiger partial charge is 0.462 e. The van der Waals surface area contributed by atoms with Gasteiger partial charge >= 0.3 is 5.97 Å². The number of ether oxygens (including phenoxy) is 3. The van der Waals surface area contributed by atoms with Crippen LogP contribution in [0.4, 0.5) is 5.00 Å². The van der Waals surface area contributed by atoms with E-state index in [-0.39, 0.29) is 19.3 Å². The number of rotatable bonds is 6. The van der Waals surface area contributed by atoms with Crippen molar-refractivity contribution in [2.75, 3.05) is 18.7 Å². The minimum absolute atomic E-state index is 0.196. The van der Waals surface area contributed by atoms with Gasteiger partial charge in [-0.05, 0) is 43.2 Å². The number of aryl methyl sites for hydroxylation is 1. The van der Waals surface area contributed by atoms with Gasteiger partial charge in [0.25, 0.3) is 0 Å². The van der Waals surface area contributed by atoms with Crippen LogP contribution in [0.5, 0.6) is 11.5 Å². The number of thiophene rings is 1. The van der Waals surface area contributed by atoms with Gasteiger partial charge in [-0.1, -0.05) is 35.9 Å². The highest BCUT2D eigenvalue weighted by Gasteiger charge is 2.22. The molecule has 1 aliphatic heterocycles. The molecule has 4 rings (SSSR count). The van der Waals surface area contributed by atoms with Gasteiger partial charge in [0.05, 0.1) is 6.61 Å². The molecule has 158 valence electrons. The summed E-state index contributed by atoms with van der Waals surface area (Å²) >= 11 is 1.29. The van der Waals surface area contributed by atoms with E-state index in [2.05, 4.69) is 5.32 Å². The Morgan fingerprint density at radius 3 is 2.68 bits per heavy atom. The van der Waals surface area contributed by atoms with E-state index in [1.54, 1.807) is 25.1 Å². The number of hydrogen-bond acceptors (Lipinski definition) is 6. The fourth-order valence-corrected chi connectivity index (χ4v) is 4.10. The van der Waals surface area contributed by atoms with Crippen LogP contribution in [0.1, 0.15) is 28.4 Å². The van der Waals surface area contributed by atoms with Crippen molar-refractivity contribution in [2.24, 2.45) is 0 Å². The fraction of sp³-hybridized carbons (Fsp3) is 0.167. The summed E-state index contributed by atoms with van der Waals surface area (Å²) in [6.45, 7) is 4.20. The Hall–Kier alpha value is -3.58. The number of fused-ring (bicyclic) bond motifs is 1. The van der Waals surface area contributed by atoms with Crippen LogP contribution in [-0.2, 0) is 9.53 Å². The van der Waals surface area contributed by atoms with Crippen LogP contribution in [0.3, 0.4) is 0 Å². The molecule has 0 spiro atoms. The number of carbonyl (C=O) groups excluding carboxylic acids is 2. The quantitative estimate of drug-likeness (QED) is 0.421. The van der Waals surface area contributed by atoms with Crippen LogP contribution in [0.2, 0.25) is 0 Å². The molecule has 0 unspecified atom stereocenters. The summed E-state index contributed by atoms with van der Waals surface area (Å²) in [4.78, 5) is 25.2. The molecular formula is C24H21NO5S. The zero-order valence-electron chi connectivity index (χ0n) is 17.1. The number of amides is 1. The van der Waals surface area contributed by atoms with Crippen molar-refractivity contribution in [3.8, 4) is 22.6 Å². The van der Waals surface area contributed by atoms with Crippen LogP contribution in [0, 0.1) is 6.92 Å². The van der Waals surface area contributed by atoms with Crippen molar-refractivity contribution < 1.29 is 23.8 Å². The predicted octanol–water partition coefficient (Wildman–Crippen LogP) is 5.28. The van der Waals surface area contributed by atoms with Crippen molar-refractivity contribution >= 4 is 34.3 Å². The van der Waals surface area contributed by atoms with Gasteiger partial charge in [0.15, 0.2) is 11.5 Å². The number of hydrogen-bond donors (Lipinski definition) is 1. The van der Waals surface area contributed by atoms with Crippen LogP contribution in [-0.4, -0.2) is 25.3 Å². The Labute approximate surface area is 184 Å². The van der Waals surface area contributed by atoms with Gasteiger partial charge in [0.1, 0.15) is 10.6 Å². The Bertz CT molecular complexity index is 1150. The minimum atomic E-state index is -0.464. The molecule has 3 aromatic rings. The average molecular weight is 436 g/mol. The monoisotopic (exact) mass is 435 g/mol. The highest BCUT2D eigenvalue weighted by Crippen LogP contribution is 2.36. The summed E-state index contributed by atoms with van der Waals surface area (Å²) in [5.41, 5.74) is 3.91. The summed E-state index contributed by atoms with van der Waals surface area (Å²) in [6, 6.07) is 13.3. The molecule has 0 bridgehead atoms. The van der Waals surface area contributed by atoms with E-state index < -0.39 is 5.97 Å². The maximum atomic E-state index is 12.6. The van der Waals surface area contributed by atoms with Crippen LogP contribution >= 0.6 is 11.3 Å². The predicted molar refractivity (Wildman–Crippen MR) is 121 cm³/mol. The third-order valence-electron chi connectivity index (χ3n) is 4.69. The minimum Gasteiger partial charge on any atom is -0.462 e. The van der Waals surface area contributed by atoms with E-state index in [1.165, 1.54) is 17.4 Å². The average Bonchev–Trinajstić information content (AvgIpc) is 3.39. The molecule has 1 aliphatic rings. The maximum absolute atomic E-state index is 12.6. The van der Waals surface area contributed by atoms with Gasteiger partial charge in [0, 0.05) is 17.0 Å². The molecule has 6 nitrogen and oxygen atoms in total. The second-order valence-electron chi connectivity index (χ2n) is 6.88. The van der Waals surface area contributed by atoms with Crippen molar-refractivity contribution in [1.82, 2.24) is 0 Å². The standard InChI is InChI=1S/C24H21NO5S/c1-3-28-24(27)22-18(17-8-4-15(2)5-9-17)13-31-23(22)25-21(26)11-7-16-6-10-19-20(12-16)30-14-29-19/h4-13H,3,14H2,1-2H3,(H,25,26)/b11-7-. The first-order chi connectivity index (χ1) is 15.0. The molecule has 0 saturated heterocycles. The van der Waals surface area contributed by atoms with E-state index in [4.69, 9.17) is 14.2 Å². The van der Waals surface area contributed by atoms with Gasteiger partial charge in [-0.25, -0.2) is 4.79 Å². The number of benzene rings is 2. The Balaban J connectivity index is 1.56. The molecular weight excluding hydrogens is 414 g/mol. The summed E-state index contributed by atoms with van der Waals surface area (Å²) in [7, 11) is 0. The Morgan fingerprint density at radius 2 is 1.90 bits per heavy atom. The molecule has 1 amide bonds. The van der Waals surface area contributed by atoms with Crippen molar-refractivity contribution in [1.29, 1.82) is 0 Å². The normalized spacial score (nSPS) is 12.2. The lowest BCUT2D eigenvalue weighted by molar-refractivity contribution is -0.111. The second kappa shape index (κ2) is 9.06. The highest BCUT2D eigenvalue weighted by molar-refractivity contribution is 7.15. The molecule has 7 heteroatoms. The molecule has 1 N–H and O–H groups in total. The maximum Gasteiger partial charge on any atom is 0.341 e. The molecule has 0 radical (unpaired) electrons. The summed E-state index contributed by atoms with van der Waals surface area (Å²) < 4.78 is 15.9. The molecule has 0 fully saturated rings. The van der Waals surface area contributed by atoms with Gasteiger partial charge in [-0.3, -0.25) is 4.79 Å². The molecule has 2 heterocycles. The molecule has 2 aromatic carbocycles. The Kier molecular flexibility index (Phi) is 6.04. The fourth-order valence-electron chi connectivity index (χ4n) is 3.14.